The highest BCUT2D eigenvalue weighted by Crippen LogP contribution is 2.34. The molecule has 0 nitrogen and oxygen atoms in total. The molecule has 0 fully saturated rings. The van der Waals surface area contributed by atoms with Crippen LogP contribution >= 0.6 is 0 Å². The number of hydrogen-bond donors (Lipinski definition) is 0. The molecule has 98 valence electrons. The first kappa shape index (κ1) is 16.0. The maximum absolute atomic E-state index is 2.47. The Morgan fingerprint density at radius 3 is 1.69 bits per heavy atom. The van der Waals surface area contributed by atoms with Crippen LogP contribution in [0.4, 0.5) is 0 Å². The van der Waals surface area contributed by atoms with Crippen molar-refractivity contribution in [2.24, 2.45) is 29.6 Å². The van der Waals surface area contributed by atoms with Crippen molar-refractivity contribution in [2.45, 2.75) is 74.1 Å². The number of hydrogen-bond acceptors (Lipinski definition) is 0. The van der Waals surface area contributed by atoms with Crippen LogP contribution in [-0.2, 0) is 0 Å². The van der Waals surface area contributed by atoms with Gasteiger partial charge in [-0.05, 0) is 36.0 Å². The fourth-order valence-electron chi connectivity index (χ4n) is 2.76. The van der Waals surface area contributed by atoms with E-state index >= 15 is 0 Å². The second-order valence-electron chi connectivity index (χ2n) is 6.50. The summed E-state index contributed by atoms with van der Waals surface area (Å²) in [5, 5.41) is 0. The van der Waals surface area contributed by atoms with Gasteiger partial charge in [0.25, 0.3) is 0 Å². The first-order chi connectivity index (χ1) is 7.40. The SMILES string of the molecule is CCCC(C)C(CCC(C)C)C(C)C(C)C. The monoisotopic (exact) mass is 226 g/mol. The average molecular weight is 226 g/mol. The summed E-state index contributed by atoms with van der Waals surface area (Å²) in [5.74, 6) is 4.40. The highest BCUT2D eigenvalue weighted by atomic mass is 14.3. The molecule has 0 bridgehead atoms. The van der Waals surface area contributed by atoms with Crippen LogP contribution in [0, 0.1) is 29.6 Å². The molecule has 0 rings (SSSR count). The molecule has 0 aliphatic rings. The Balaban J connectivity index is 4.36. The van der Waals surface area contributed by atoms with Crippen LogP contribution in [0.5, 0.6) is 0 Å². The molecule has 3 atom stereocenters. The van der Waals surface area contributed by atoms with E-state index in [0.717, 1.165) is 29.6 Å². The maximum Gasteiger partial charge on any atom is -0.0360 e. The van der Waals surface area contributed by atoms with E-state index < -0.39 is 0 Å². The molecule has 0 spiro atoms. The molecule has 0 heteroatoms. The molecule has 0 radical (unpaired) electrons. The van der Waals surface area contributed by atoms with Gasteiger partial charge >= 0.3 is 0 Å². The van der Waals surface area contributed by atoms with E-state index in [9.17, 15) is 0 Å². The molecule has 0 aromatic carbocycles. The zero-order valence-corrected chi connectivity index (χ0v) is 12.7. The molecule has 0 aliphatic carbocycles. The third kappa shape index (κ3) is 5.92. The van der Waals surface area contributed by atoms with Crippen molar-refractivity contribution in [2.75, 3.05) is 0 Å². The third-order valence-corrected chi connectivity index (χ3v) is 4.28. The van der Waals surface area contributed by atoms with Crippen LogP contribution in [0.25, 0.3) is 0 Å². The predicted molar refractivity (Wildman–Crippen MR) is 75.6 cm³/mol. The summed E-state index contributed by atoms with van der Waals surface area (Å²) in [5.41, 5.74) is 0. The lowest BCUT2D eigenvalue weighted by molar-refractivity contribution is 0.174. The summed E-state index contributed by atoms with van der Waals surface area (Å²) in [6.07, 6.45) is 5.57. The third-order valence-electron chi connectivity index (χ3n) is 4.28. The summed E-state index contributed by atoms with van der Waals surface area (Å²) >= 11 is 0. The minimum absolute atomic E-state index is 0.830. The van der Waals surface area contributed by atoms with Gasteiger partial charge in [0.05, 0.1) is 0 Å². The Morgan fingerprint density at radius 2 is 1.31 bits per heavy atom. The standard InChI is InChI=1S/C16H34/c1-8-9-14(6)16(11-10-12(2)3)15(7)13(4)5/h12-16H,8-11H2,1-7H3. The quantitative estimate of drug-likeness (QED) is 0.493. The van der Waals surface area contributed by atoms with Crippen molar-refractivity contribution in [1.82, 2.24) is 0 Å². The van der Waals surface area contributed by atoms with Gasteiger partial charge in [0.1, 0.15) is 0 Å². The summed E-state index contributed by atoms with van der Waals surface area (Å²) < 4.78 is 0. The van der Waals surface area contributed by atoms with E-state index in [0.29, 0.717) is 0 Å². The van der Waals surface area contributed by atoms with Crippen LogP contribution in [0.1, 0.15) is 74.1 Å². The van der Waals surface area contributed by atoms with E-state index in [-0.39, 0.29) is 0 Å². The van der Waals surface area contributed by atoms with Crippen molar-refractivity contribution in [3.8, 4) is 0 Å². The van der Waals surface area contributed by atoms with Gasteiger partial charge in [-0.15, -0.1) is 0 Å². The second kappa shape index (κ2) is 8.14. The summed E-state index contributed by atoms with van der Waals surface area (Å²) in [7, 11) is 0. The Kier molecular flexibility index (Phi) is 8.14. The lowest BCUT2D eigenvalue weighted by Gasteiger charge is -2.32. The minimum atomic E-state index is 0.830. The van der Waals surface area contributed by atoms with Crippen LogP contribution in [0.15, 0.2) is 0 Å². The van der Waals surface area contributed by atoms with Crippen LogP contribution in [-0.4, -0.2) is 0 Å². The molecule has 3 unspecified atom stereocenters. The summed E-state index contributed by atoms with van der Waals surface area (Å²) in [6.45, 7) is 16.7. The highest BCUT2D eigenvalue weighted by Gasteiger charge is 2.25. The molecular formula is C16H34. The molecule has 0 N–H and O–H groups in total. The molecule has 0 aromatic heterocycles. The molecule has 0 saturated heterocycles. The van der Waals surface area contributed by atoms with E-state index in [1.165, 1.54) is 25.7 Å². The van der Waals surface area contributed by atoms with Crippen molar-refractivity contribution >= 4 is 0 Å². The predicted octanol–water partition coefficient (Wildman–Crippen LogP) is 5.77. The van der Waals surface area contributed by atoms with Gasteiger partial charge in [0.15, 0.2) is 0 Å². The zero-order chi connectivity index (χ0) is 12.7. The fourth-order valence-corrected chi connectivity index (χ4v) is 2.76. The molecule has 0 aliphatic heterocycles. The zero-order valence-electron chi connectivity index (χ0n) is 12.7. The van der Waals surface area contributed by atoms with Gasteiger partial charge in [-0.3, -0.25) is 0 Å². The summed E-state index contributed by atoms with van der Waals surface area (Å²) in [6, 6.07) is 0. The molecule has 0 amide bonds. The molecule has 0 aromatic rings. The molecular weight excluding hydrogens is 192 g/mol. The van der Waals surface area contributed by atoms with Crippen molar-refractivity contribution in [3.05, 3.63) is 0 Å². The Hall–Kier alpha value is 0. The smallest absolute Gasteiger partial charge is 0.0360 e. The van der Waals surface area contributed by atoms with Crippen molar-refractivity contribution < 1.29 is 0 Å². The first-order valence-corrected chi connectivity index (χ1v) is 7.40. The topological polar surface area (TPSA) is 0 Å². The van der Waals surface area contributed by atoms with Crippen LogP contribution in [0.2, 0.25) is 0 Å². The van der Waals surface area contributed by atoms with Crippen LogP contribution < -0.4 is 0 Å². The average Bonchev–Trinajstić information content (AvgIpc) is 2.17. The minimum Gasteiger partial charge on any atom is -0.0654 e. The van der Waals surface area contributed by atoms with E-state index in [4.69, 9.17) is 0 Å². The highest BCUT2D eigenvalue weighted by molar-refractivity contribution is 4.74. The van der Waals surface area contributed by atoms with Crippen molar-refractivity contribution in [3.63, 3.8) is 0 Å². The van der Waals surface area contributed by atoms with E-state index in [1.54, 1.807) is 0 Å². The molecule has 0 saturated carbocycles. The Labute approximate surface area is 104 Å². The van der Waals surface area contributed by atoms with Gasteiger partial charge in [-0.1, -0.05) is 67.7 Å². The number of rotatable bonds is 8. The normalized spacial score (nSPS) is 17.8. The Morgan fingerprint density at radius 1 is 0.750 bits per heavy atom. The molecule has 16 heavy (non-hydrogen) atoms. The lowest BCUT2D eigenvalue weighted by Crippen LogP contribution is -2.24. The maximum atomic E-state index is 2.47. The van der Waals surface area contributed by atoms with Crippen molar-refractivity contribution in [1.29, 1.82) is 0 Å². The lowest BCUT2D eigenvalue weighted by atomic mass is 9.73. The first-order valence-electron chi connectivity index (χ1n) is 7.40. The van der Waals surface area contributed by atoms with Crippen LogP contribution in [0.3, 0.4) is 0 Å². The largest absolute Gasteiger partial charge is 0.0654 e. The van der Waals surface area contributed by atoms with Gasteiger partial charge in [0.2, 0.25) is 0 Å². The van der Waals surface area contributed by atoms with E-state index in [2.05, 4.69) is 48.5 Å². The van der Waals surface area contributed by atoms with Gasteiger partial charge in [-0.2, -0.15) is 0 Å². The van der Waals surface area contributed by atoms with Gasteiger partial charge in [0, 0.05) is 0 Å². The van der Waals surface area contributed by atoms with Gasteiger partial charge in [-0.25, -0.2) is 0 Å². The van der Waals surface area contributed by atoms with E-state index in [1.807, 2.05) is 0 Å². The summed E-state index contributed by atoms with van der Waals surface area (Å²) in [4.78, 5) is 0. The second-order valence-corrected chi connectivity index (χ2v) is 6.50. The Bertz CT molecular complexity index is 157. The molecule has 0 heterocycles. The fraction of sp³-hybridized carbons (Fsp3) is 1.00. The van der Waals surface area contributed by atoms with Gasteiger partial charge < -0.3 is 0 Å².